The average molecular weight is 471 g/mol. The molecule has 1 fully saturated rings. The summed E-state index contributed by atoms with van der Waals surface area (Å²) in [4.78, 5) is 22.5. The third kappa shape index (κ3) is 3.55. The Kier molecular flexibility index (Phi) is 5.03. The molecule has 4 heterocycles. The highest BCUT2D eigenvalue weighted by Crippen LogP contribution is 2.38. The number of halogens is 3. The van der Waals surface area contributed by atoms with Crippen LogP contribution in [0.4, 0.5) is 19.0 Å². The molecule has 5 rings (SSSR count). The third-order valence-electron chi connectivity index (χ3n) is 6.09. The van der Waals surface area contributed by atoms with Crippen LogP contribution >= 0.6 is 0 Å². The maximum Gasteiger partial charge on any atom is 0.416 e. The SMILES string of the molecule is Cc1nc(-c2cnn(C)c2-c2ccc(C(F)(F)F)cc2)c2c(N3CC[C@H](C(=O)O)C3)ncnn12. The number of benzene rings is 1. The second kappa shape index (κ2) is 7.82. The average Bonchev–Trinajstić information content (AvgIpc) is 3.51. The quantitative estimate of drug-likeness (QED) is 0.487. The number of imidazole rings is 1. The van der Waals surface area contributed by atoms with Crippen molar-refractivity contribution in [2.45, 2.75) is 19.5 Å². The van der Waals surface area contributed by atoms with Crippen molar-refractivity contribution in [3.8, 4) is 22.5 Å². The summed E-state index contributed by atoms with van der Waals surface area (Å²) in [6.45, 7) is 2.61. The molecule has 0 saturated carbocycles. The van der Waals surface area contributed by atoms with Gasteiger partial charge in [-0.3, -0.25) is 9.48 Å². The molecular formula is C22H20F3N7O2. The van der Waals surface area contributed by atoms with Gasteiger partial charge in [0.05, 0.1) is 23.4 Å². The van der Waals surface area contributed by atoms with Crippen molar-refractivity contribution in [3.63, 3.8) is 0 Å². The predicted molar refractivity (Wildman–Crippen MR) is 116 cm³/mol. The second-order valence-corrected chi connectivity index (χ2v) is 8.23. The van der Waals surface area contributed by atoms with Crippen molar-refractivity contribution in [2.75, 3.05) is 18.0 Å². The molecule has 0 unspecified atom stereocenters. The maximum atomic E-state index is 13.0. The van der Waals surface area contributed by atoms with Crippen LogP contribution in [0.5, 0.6) is 0 Å². The molecule has 3 aromatic heterocycles. The monoisotopic (exact) mass is 471 g/mol. The minimum Gasteiger partial charge on any atom is -0.481 e. The molecule has 9 nitrogen and oxygen atoms in total. The third-order valence-corrected chi connectivity index (χ3v) is 6.09. The van der Waals surface area contributed by atoms with Crippen molar-refractivity contribution in [3.05, 3.63) is 48.2 Å². The number of hydrogen-bond donors (Lipinski definition) is 1. The first-order valence-corrected chi connectivity index (χ1v) is 10.5. The number of carbonyl (C=O) groups is 1. The van der Waals surface area contributed by atoms with Crippen LogP contribution in [0.15, 0.2) is 36.8 Å². The normalized spacial score (nSPS) is 16.5. The Balaban J connectivity index is 1.65. The van der Waals surface area contributed by atoms with Crippen molar-refractivity contribution in [2.24, 2.45) is 13.0 Å². The molecule has 0 spiro atoms. The number of fused-ring (bicyclic) bond motifs is 1. The van der Waals surface area contributed by atoms with Gasteiger partial charge in [0.15, 0.2) is 5.82 Å². The van der Waals surface area contributed by atoms with E-state index in [1.807, 2.05) is 4.90 Å². The summed E-state index contributed by atoms with van der Waals surface area (Å²) in [6, 6.07) is 4.88. The lowest BCUT2D eigenvalue weighted by Crippen LogP contribution is -2.24. The van der Waals surface area contributed by atoms with E-state index in [0.29, 0.717) is 59.2 Å². The molecule has 34 heavy (non-hydrogen) atoms. The van der Waals surface area contributed by atoms with Crippen molar-refractivity contribution >= 4 is 17.3 Å². The molecule has 0 radical (unpaired) electrons. The standard InChI is InChI=1S/C22H20F3N7O2/c1-12-29-17(19-20(26-11-28-32(12)19)31-8-7-14(10-31)21(33)34)16-9-27-30(2)18(16)13-3-5-15(6-4-13)22(23,24)25/h3-6,9,11,14H,7-8,10H2,1-2H3,(H,33,34)/t14-/m0/s1. The van der Waals surface area contributed by atoms with E-state index >= 15 is 0 Å². The van der Waals surface area contributed by atoms with E-state index in [-0.39, 0.29) is 0 Å². The highest BCUT2D eigenvalue weighted by Gasteiger charge is 2.32. The first-order chi connectivity index (χ1) is 16.1. The molecule has 0 aliphatic carbocycles. The fourth-order valence-corrected chi connectivity index (χ4v) is 4.40. The van der Waals surface area contributed by atoms with Crippen LogP contribution in [-0.4, -0.2) is 53.5 Å². The van der Waals surface area contributed by atoms with E-state index in [2.05, 4.69) is 20.2 Å². The van der Waals surface area contributed by atoms with Gasteiger partial charge in [0.25, 0.3) is 0 Å². The molecule has 0 bridgehead atoms. The van der Waals surface area contributed by atoms with E-state index in [1.54, 1.807) is 29.4 Å². The van der Waals surface area contributed by atoms with Gasteiger partial charge in [-0.25, -0.2) is 14.5 Å². The molecule has 1 aliphatic heterocycles. The minimum absolute atomic E-state index is 0.310. The summed E-state index contributed by atoms with van der Waals surface area (Å²) >= 11 is 0. The summed E-state index contributed by atoms with van der Waals surface area (Å²) in [5.74, 6) is -0.209. The molecule has 0 amide bonds. The molecule has 1 aromatic carbocycles. The Hall–Kier alpha value is -3.96. The number of aryl methyl sites for hydroxylation is 2. The van der Waals surface area contributed by atoms with Crippen molar-refractivity contribution in [1.82, 2.24) is 29.4 Å². The Morgan fingerprint density at radius 2 is 1.91 bits per heavy atom. The van der Waals surface area contributed by atoms with E-state index in [4.69, 9.17) is 0 Å². The van der Waals surface area contributed by atoms with Gasteiger partial charge in [-0.15, -0.1) is 0 Å². The fourth-order valence-electron chi connectivity index (χ4n) is 4.40. The Labute approximate surface area is 191 Å². The second-order valence-electron chi connectivity index (χ2n) is 8.23. The van der Waals surface area contributed by atoms with Gasteiger partial charge < -0.3 is 10.0 Å². The number of aromatic nitrogens is 6. The molecular weight excluding hydrogens is 451 g/mol. The van der Waals surface area contributed by atoms with Crippen LogP contribution in [-0.2, 0) is 18.0 Å². The number of carboxylic acid groups (broad SMARTS) is 1. The number of nitrogens with zero attached hydrogens (tertiary/aromatic N) is 7. The highest BCUT2D eigenvalue weighted by atomic mass is 19.4. The van der Waals surface area contributed by atoms with Crippen LogP contribution in [0, 0.1) is 12.8 Å². The number of rotatable bonds is 4. The number of anilines is 1. The lowest BCUT2D eigenvalue weighted by molar-refractivity contribution is -0.141. The van der Waals surface area contributed by atoms with E-state index in [9.17, 15) is 23.1 Å². The molecule has 1 saturated heterocycles. The number of hydrogen-bond acceptors (Lipinski definition) is 6. The van der Waals surface area contributed by atoms with Crippen LogP contribution in [0.2, 0.25) is 0 Å². The lowest BCUT2D eigenvalue weighted by Gasteiger charge is -2.18. The molecule has 1 aliphatic rings. The molecule has 176 valence electrons. The van der Waals surface area contributed by atoms with E-state index in [0.717, 1.165) is 12.1 Å². The van der Waals surface area contributed by atoms with Crippen LogP contribution in [0.3, 0.4) is 0 Å². The zero-order valence-electron chi connectivity index (χ0n) is 18.3. The fraction of sp³-hybridized carbons (Fsp3) is 0.318. The van der Waals surface area contributed by atoms with E-state index < -0.39 is 23.6 Å². The largest absolute Gasteiger partial charge is 0.481 e. The zero-order chi connectivity index (χ0) is 24.2. The van der Waals surface area contributed by atoms with Crippen LogP contribution in [0.25, 0.3) is 28.0 Å². The summed E-state index contributed by atoms with van der Waals surface area (Å²) in [6.07, 6.45) is -0.928. The van der Waals surface area contributed by atoms with Gasteiger partial charge in [-0.2, -0.15) is 23.4 Å². The maximum absolute atomic E-state index is 13.0. The van der Waals surface area contributed by atoms with Crippen molar-refractivity contribution < 1.29 is 23.1 Å². The zero-order valence-corrected chi connectivity index (χ0v) is 18.3. The van der Waals surface area contributed by atoms with Crippen LogP contribution in [0.1, 0.15) is 17.8 Å². The Morgan fingerprint density at radius 1 is 1.18 bits per heavy atom. The van der Waals surface area contributed by atoms with Gasteiger partial charge in [-0.1, -0.05) is 12.1 Å². The number of aliphatic carboxylic acids is 1. The van der Waals surface area contributed by atoms with Crippen molar-refractivity contribution in [1.29, 1.82) is 0 Å². The molecule has 1 atom stereocenters. The smallest absolute Gasteiger partial charge is 0.416 e. The summed E-state index contributed by atoms with van der Waals surface area (Å²) in [5.41, 5.74) is 2.13. The van der Waals surface area contributed by atoms with Gasteiger partial charge in [-0.05, 0) is 25.5 Å². The minimum atomic E-state index is -4.43. The van der Waals surface area contributed by atoms with Gasteiger partial charge in [0, 0.05) is 31.3 Å². The highest BCUT2D eigenvalue weighted by molar-refractivity contribution is 5.92. The van der Waals surface area contributed by atoms with Crippen LogP contribution < -0.4 is 4.90 Å². The molecule has 1 N–H and O–H groups in total. The van der Waals surface area contributed by atoms with Gasteiger partial charge in [0.1, 0.15) is 23.4 Å². The summed E-state index contributed by atoms with van der Waals surface area (Å²) in [5, 5.41) is 18.0. The van der Waals surface area contributed by atoms with Gasteiger partial charge in [0.2, 0.25) is 0 Å². The first kappa shape index (κ1) is 21.9. The number of carboxylic acids is 1. The lowest BCUT2D eigenvalue weighted by atomic mass is 10.0. The predicted octanol–water partition coefficient (Wildman–Crippen LogP) is 3.43. The number of alkyl halides is 3. The topological polar surface area (TPSA) is 101 Å². The molecule has 12 heteroatoms. The summed E-state index contributed by atoms with van der Waals surface area (Å²) in [7, 11) is 1.71. The first-order valence-electron chi connectivity index (χ1n) is 10.5. The van der Waals surface area contributed by atoms with Gasteiger partial charge >= 0.3 is 12.1 Å². The van der Waals surface area contributed by atoms with E-state index in [1.165, 1.54) is 18.5 Å². The summed E-state index contributed by atoms with van der Waals surface area (Å²) < 4.78 is 42.4. The Morgan fingerprint density at radius 3 is 2.56 bits per heavy atom. The molecule has 4 aromatic rings. The Bertz CT molecular complexity index is 1390.